The van der Waals surface area contributed by atoms with E-state index in [-0.39, 0.29) is 0 Å². The number of rotatable bonds is 3. The Balaban J connectivity index is 2.94. The van der Waals surface area contributed by atoms with E-state index in [1.165, 1.54) is 19.2 Å². The summed E-state index contributed by atoms with van der Waals surface area (Å²) in [6.45, 7) is 0. The van der Waals surface area contributed by atoms with Gasteiger partial charge in [0.15, 0.2) is 6.10 Å². The monoisotopic (exact) mass is 182 g/mol. The van der Waals surface area contributed by atoms with Crippen LogP contribution in [0.2, 0.25) is 0 Å². The van der Waals surface area contributed by atoms with Gasteiger partial charge < -0.3 is 14.9 Å². The number of methoxy groups -OCH3 is 1. The fourth-order valence-corrected chi connectivity index (χ4v) is 0.954. The molecule has 1 rings (SSSR count). The van der Waals surface area contributed by atoms with Crippen molar-refractivity contribution in [2.75, 3.05) is 7.11 Å². The van der Waals surface area contributed by atoms with Crippen LogP contribution in [0.5, 0.6) is 5.75 Å². The van der Waals surface area contributed by atoms with Crippen molar-refractivity contribution in [2.45, 2.75) is 6.10 Å². The molecule has 1 aromatic rings. The highest BCUT2D eigenvalue weighted by atomic mass is 16.5. The SMILES string of the molecule is COc1cccc([C@H](O)C(=O)O)c1. The molecule has 0 amide bonds. The van der Waals surface area contributed by atoms with Gasteiger partial charge in [-0.15, -0.1) is 0 Å². The van der Waals surface area contributed by atoms with Crippen LogP contribution in [0.25, 0.3) is 0 Å². The van der Waals surface area contributed by atoms with E-state index in [0.717, 1.165) is 0 Å². The zero-order chi connectivity index (χ0) is 9.84. The summed E-state index contributed by atoms with van der Waals surface area (Å²) >= 11 is 0. The van der Waals surface area contributed by atoms with Gasteiger partial charge >= 0.3 is 5.97 Å². The van der Waals surface area contributed by atoms with Crippen LogP contribution in [0.3, 0.4) is 0 Å². The standard InChI is InChI=1S/C9H10O4/c1-13-7-4-2-3-6(5-7)8(10)9(11)12/h2-5,8,10H,1H3,(H,11,12)/t8-/m0/s1. The molecule has 4 heteroatoms. The molecule has 70 valence electrons. The van der Waals surface area contributed by atoms with Gasteiger partial charge in [0, 0.05) is 0 Å². The van der Waals surface area contributed by atoms with Gasteiger partial charge in [-0.2, -0.15) is 0 Å². The number of hydrogen-bond acceptors (Lipinski definition) is 3. The summed E-state index contributed by atoms with van der Waals surface area (Å²) in [7, 11) is 1.48. The topological polar surface area (TPSA) is 66.8 Å². The minimum atomic E-state index is -1.49. The Kier molecular flexibility index (Phi) is 2.87. The van der Waals surface area contributed by atoms with Crippen LogP contribution in [0.4, 0.5) is 0 Å². The summed E-state index contributed by atoms with van der Waals surface area (Å²) in [4.78, 5) is 10.4. The average Bonchev–Trinajstić information content (AvgIpc) is 2.16. The predicted octanol–water partition coefficient (Wildman–Crippen LogP) is 0.813. The van der Waals surface area contributed by atoms with Gasteiger partial charge in [0.1, 0.15) is 5.75 Å². The highest BCUT2D eigenvalue weighted by Gasteiger charge is 2.15. The van der Waals surface area contributed by atoms with E-state index < -0.39 is 12.1 Å². The first kappa shape index (κ1) is 9.54. The molecule has 4 nitrogen and oxygen atoms in total. The molecule has 0 unspecified atom stereocenters. The molecule has 0 saturated carbocycles. The van der Waals surface area contributed by atoms with Crippen molar-refractivity contribution in [2.24, 2.45) is 0 Å². The molecular weight excluding hydrogens is 172 g/mol. The molecule has 0 spiro atoms. The summed E-state index contributed by atoms with van der Waals surface area (Å²) in [6.07, 6.45) is -1.49. The molecule has 0 aliphatic heterocycles. The Morgan fingerprint density at radius 3 is 2.77 bits per heavy atom. The summed E-state index contributed by atoms with van der Waals surface area (Å²) in [5.41, 5.74) is 0.312. The van der Waals surface area contributed by atoms with Gasteiger partial charge in [-0.1, -0.05) is 12.1 Å². The number of ether oxygens (including phenoxy) is 1. The lowest BCUT2D eigenvalue weighted by Gasteiger charge is -2.06. The van der Waals surface area contributed by atoms with Crippen molar-refractivity contribution in [1.82, 2.24) is 0 Å². The van der Waals surface area contributed by atoms with Gasteiger partial charge in [-0.3, -0.25) is 0 Å². The van der Waals surface area contributed by atoms with E-state index in [1.807, 2.05) is 0 Å². The molecule has 0 aromatic heterocycles. The largest absolute Gasteiger partial charge is 0.497 e. The van der Waals surface area contributed by atoms with E-state index in [0.29, 0.717) is 11.3 Å². The van der Waals surface area contributed by atoms with Gasteiger partial charge in [0.25, 0.3) is 0 Å². The van der Waals surface area contributed by atoms with Crippen LogP contribution in [0.15, 0.2) is 24.3 Å². The number of aliphatic carboxylic acids is 1. The lowest BCUT2D eigenvalue weighted by Crippen LogP contribution is -2.10. The second kappa shape index (κ2) is 3.91. The molecule has 0 fully saturated rings. The smallest absolute Gasteiger partial charge is 0.337 e. The van der Waals surface area contributed by atoms with Crippen LogP contribution in [-0.2, 0) is 4.79 Å². The fourth-order valence-electron chi connectivity index (χ4n) is 0.954. The third-order valence-electron chi connectivity index (χ3n) is 1.64. The number of carbonyl (C=O) groups is 1. The molecule has 0 heterocycles. The van der Waals surface area contributed by atoms with Crippen molar-refractivity contribution < 1.29 is 19.7 Å². The molecule has 0 saturated heterocycles. The third kappa shape index (κ3) is 2.19. The Labute approximate surface area is 75.4 Å². The van der Waals surface area contributed by atoms with Gasteiger partial charge in [-0.05, 0) is 17.7 Å². The number of aliphatic hydroxyl groups is 1. The highest BCUT2D eigenvalue weighted by Crippen LogP contribution is 2.18. The van der Waals surface area contributed by atoms with E-state index >= 15 is 0 Å². The summed E-state index contributed by atoms with van der Waals surface area (Å²) in [6, 6.07) is 6.32. The quantitative estimate of drug-likeness (QED) is 0.726. The molecule has 1 aromatic carbocycles. The van der Waals surface area contributed by atoms with E-state index in [2.05, 4.69) is 0 Å². The first-order valence-corrected chi connectivity index (χ1v) is 3.70. The fraction of sp³-hybridized carbons (Fsp3) is 0.222. The lowest BCUT2D eigenvalue weighted by molar-refractivity contribution is -0.146. The second-order valence-corrected chi connectivity index (χ2v) is 2.52. The maximum Gasteiger partial charge on any atom is 0.337 e. The summed E-state index contributed by atoms with van der Waals surface area (Å²) in [5, 5.41) is 17.7. The maximum atomic E-state index is 10.4. The lowest BCUT2D eigenvalue weighted by atomic mass is 10.1. The van der Waals surface area contributed by atoms with Crippen molar-refractivity contribution in [1.29, 1.82) is 0 Å². The number of carboxylic acids is 1. The third-order valence-corrected chi connectivity index (χ3v) is 1.64. The molecule has 1 atom stereocenters. The van der Waals surface area contributed by atoms with Crippen LogP contribution in [-0.4, -0.2) is 23.3 Å². The molecule has 13 heavy (non-hydrogen) atoms. The first-order valence-electron chi connectivity index (χ1n) is 3.70. The van der Waals surface area contributed by atoms with Gasteiger partial charge in [0.2, 0.25) is 0 Å². The minimum Gasteiger partial charge on any atom is -0.497 e. The molecule has 2 N–H and O–H groups in total. The van der Waals surface area contributed by atoms with Crippen molar-refractivity contribution in [3.05, 3.63) is 29.8 Å². The van der Waals surface area contributed by atoms with Crippen LogP contribution < -0.4 is 4.74 Å². The molecule has 0 aliphatic rings. The maximum absolute atomic E-state index is 10.4. The van der Waals surface area contributed by atoms with Crippen LogP contribution >= 0.6 is 0 Å². The molecular formula is C9H10O4. The zero-order valence-electron chi connectivity index (χ0n) is 7.10. The van der Waals surface area contributed by atoms with Crippen LogP contribution in [0.1, 0.15) is 11.7 Å². The minimum absolute atomic E-state index is 0.312. The van der Waals surface area contributed by atoms with E-state index in [4.69, 9.17) is 14.9 Å². The Bertz CT molecular complexity index is 308. The summed E-state index contributed by atoms with van der Waals surface area (Å²) in [5.74, 6) is -0.744. The molecule has 0 bridgehead atoms. The Morgan fingerprint density at radius 2 is 2.23 bits per heavy atom. The molecule has 0 radical (unpaired) electrons. The van der Waals surface area contributed by atoms with Crippen molar-refractivity contribution in [3.63, 3.8) is 0 Å². The number of benzene rings is 1. The van der Waals surface area contributed by atoms with Gasteiger partial charge in [0.05, 0.1) is 7.11 Å². The number of carboxylic acid groups (broad SMARTS) is 1. The van der Waals surface area contributed by atoms with Gasteiger partial charge in [-0.25, -0.2) is 4.79 Å². The number of hydrogen-bond donors (Lipinski definition) is 2. The van der Waals surface area contributed by atoms with E-state index in [1.54, 1.807) is 12.1 Å². The second-order valence-electron chi connectivity index (χ2n) is 2.52. The molecule has 0 aliphatic carbocycles. The van der Waals surface area contributed by atoms with Crippen molar-refractivity contribution in [3.8, 4) is 5.75 Å². The number of aliphatic hydroxyl groups excluding tert-OH is 1. The van der Waals surface area contributed by atoms with E-state index in [9.17, 15) is 4.79 Å². The Morgan fingerprint density at radius 1 is 1.54 bits per heavy atom. The van der Waals surface area contributed by atoms with Crippen LogP contribution in [0, 0.1) is 0 Å². The average molecular weight is 182 g/mol. The summed E-state index contributed by atoms with van der Waals surface area (Å²) < 4.78 is 4.88. The Hall–Kier alpha value is -1.55. The zero-order valence-corrected chi connectivity index (χ0v) is 7.10. The van der Waals surface area contributed by atoms with Crippen molar-refractivity contribution >= 4 is 5.97 Å². The highest BCUT2D eigenvalue weighted by molar-refractivity contribution is 5.74. The first-order chi connectivity index (χ1) is 6.15. The normalized spacial score (nSPS) is 12.2. The predicted molar refractivity (Wildman–Crippen MR) is 45.6 cm³/mol.